The highest BCUT2D eigenvalue weighted by Gasteiger charge is 2.17. The van der Waals surface area contributed by atoms with Crippen LogP contribution in [-0.2, 0) is 16.4 Å². The Kier molecular flexibility index (Phi) is 5.63. The minimum Gasteiger partial charge on any atom is -0.454 e. The Hall–Kier alpha value is -2.63. The summed E-state index contributed by atoms with van der Waals surface area (Å²) in [6, 6.07) is 8.07. The van der Waals surface area contributed by atoms with Crippen molar-refractivity contribution < 1.29 is 27.5 Å². The van der Waals surface area contributed by atoms with Crippen LogP contribution in [0.2, 0.25) is 0 Å². The standard InChI is InChI=1S/C16H17N3O6S2/c1-27(22,23)17-7-6-11-3-5-14(26-11)16(21)19-18-15(20)10-2-4-12-13(8-10)25-9-24-12/h2-5,8,17H,6-7,9H2,1H3,(H,18,20)(H,19,21). The van der Waals surface area contributed by atoms with E-state index in [-0.39, 0.29) is 13.3 Å². The molecule has 0 radical (unpaired) electrons. The molecule has 0 fully saturated rings. The molecule has 0 atom stereocenters. The van der Waals surface area contributed by atoms with Crippen LogP contribution in [0.5, 0.6) is 11.5 Å². The fraction of sp³-hybridized carbons (Fsp3) is 0.250. The molecule has 1 aliphatic rings. The summed E-state index contributed by atoms with van der Waals surface area (Å²) in [5.41, 5.74) is 5.01. The average Bonchev–Trinajstić information content (AvgIpc) is 3.26. The largest absolute Gasteiger partial charge is 0.454 e. The molecule has 0 saturated heterocycles. The summed E-state index contributed by atoms with van der Waals surface area (Å²) < 4.78 is 34.8. The van der Waals surface area contributed by atoms with Gasteiger partial charge in [0, 0.05) is 17.0 Å². The van der Waals surface area contributed by atoms with Gasteiger partial charge in [0.1, 0.15) is 0 Å². The molecule has 3 N–H and O–H groups in total. The summed E-state index contributed by atoms with van der Waals surface area (Å²) in [5.74, 6) is 0.0823. The van der Waals surface area contributed by atoms with Gasteiger partial charge < -0.3 is 9.47 Å². The van der Waals surface area contributed by atoms with Crippen LogP contribution in [0, 0.1) is 0 Å². The van der Waals surface area contributed by atoms with Crippen molar-refractivity contribution in [3.8, 4) is 11.5 Å². The molecule has 27 heavy (non-hydrogen) atoms. The van der Waals surface area contributed by atoms with Crippen molar-refractivity contribution in [2.45, 2.75) is 6.42 Å². The molecular formula is C16H17N3O6S2. The zero-order valence-corrected chi connectivity index (χ0v) is 15.9. The summed E-state index contributed by atoms with van der Waals surface area (Å²) >= 11 is 1.22. The molecule has 3 rings (SSSR count). The van der Waals surface area contributed by atoms with Gasteiger partial charge in [-0.25, -0.2) is 13.1 Å². The van der Waals surface area contributed by atoms with E-state index < -0.39 is 21.8 Å². The lowest BCUT2D eigenvalue weighted by molar-refractivity contribution is 0.0848. The minimum absolute atomic E-state index is 0.109. The van der Waals surface area contributed by atoms with Crippen molar-refractivity contribution in [3.63, 3.8) is 0 Å². The Bertz CT molecular complexity index is 970. The third-order valence-corrected chi connectivity index (χ3v) is 5.42. The molecule has 1 aromatic heterocycles. The number of carbonyl (C=O) groups excluding carboxylic acids is 2. The van der Waals surface area contributed by atoms with Gasteiger partial charge in [-0.2, -0.15) is 0 Å². The molecule has 11 heteroatoms. The van der Waals surface area contributed by atoms with Crippen LogP contribution in [0.15, 0.2) is 30.3 Å². The molecule has 2 amide bonds. The highest BCUT2D eigenvalue weighted by atomic mass is 32.2. The molecule has 144 valence electrons. The van der Waals surface area contributed by atoms with Crippen molar-refractivity contribution in [2.24, 2.45) is 0 Å². The van der Waals surface area contributed by atoms with E-state index in [0.717, 1.165) is 11.1 Å². The predicted molar refractivity (Wildman–Crippen MR) is 98.4 cm³/mol. The van der Waals surface area contributed by atoms with Crippen LogP contribution in [0.4, 0.5) is 0 Å². The Balaban J connectivity index is 1.51. The van der Waals surface area contributed by atoms with Gasteiger partial charge in [-0.05, 0) is 36.8 Å². The Morgan fingerprint density at radius 3 is 2.59 bits per heavy atom. The Morgan fingerprint density at radius 2 is 1.81 bits per heavy atom. The monoisotopic (exact) mass is 411 g/mol. The van der Waals surface area contributed by atoms with Crippen LogP contribution >= 0.6 is 11.3 Å². The number of hydrogen-bond donors (Lipinski definition) is 3. The summed E-state index contributed by atoms with van der Waals surface area (Å²) in [6.45, 7) is 0.360. The van der Waals surface area contributed by atoms with Gasteiger partial charge in [0.05, 0.1) is 11.1 Å². The molecule has 2 aromatic rings. The smallest absolute Gasteiger partial charge is 0.279 e. The number of ether oxygens (including phenoxy) is 2. The zero-order valence-electron chi connectivity index (χ0n) is 14.3. The molecule has 0 aliphatic carbocycles. The second kappa shape index (κ2) is 7.94. The molecule has 0 unspecified atom stereocenters. The maximum Gasteiger partial charge on any atom is 0.279 e. The maximum atomic E-state index is 12.1. The fourth-order valence-electron chi connectivity index (χ4n) is 2.28. The lowest BCUT2D eigenvalue weighted by Gasteiger charge is -2.07. The first kappa shape index (κ1) is 19.1. The number of sulfonamides is 1. The minimum atomic E-state index is -3.24. The molecule has 9 nitrogen and oxygen atoms in total. The number of thiophene rings is 1. The van der Waals surface area contributed by atoms with Crippen molar-refractivity contribution in [3.05, 3.63) is 45.6 Å². The summed E-state index contributed by atoms with van der Waals surface area (Å²) in [5, 5.41) is 0. The Labute approximate surface area is 159 Å². The van der Waals surface area contributed by atoms with Gasteiger partial charge in [0.2, 0.25) is 16.8 Å². The fourth-order valence-corrected chi connectivity index (χ4v) is 3.65. The average molecular weight is 411 g/mol. The number of rotatable bonds is 6. The van der Waals surface area contributed by atoms with Crippen molar-refractivity contribution in [2.75, 3.05) is 19.6 Å². The number of fused-ring (bicyclic) bond motifs is 1. The topological polar surface area (TPSA) is 123 Å². The van der Waals surface area contributed by atoms with Gasteiger partial charge in [-0.1, -0.05) is 0 Å². The normalized spacial score (nSPS) is 12.6. The van der Waals surface area contributed by atoms with E-state index in [2.05, 4.69) is 15.6 Å². The first-order chi connectivity index (χ1) is 12.8. The van der Waals surface area contributed by atoms with E-state index in [1.807, 2.05) is 0 Å². The maximum absolute atomic E-state index is 12.1. The number of benzene rings is 1. The van der Waals surface area contributed by atoms with Crippen LogP contribution in [0.1, 0.15) is 24.9 Å². The lowest BCUT2D eigenvalue weighted by atomic mass is 10.2. The molecule has 0 spiro atoms. The van der Waals surface area contributed by atoms with Crippen LogP contribution in [0.25, 0.3) is 0 Å². The molecule has 1 aromatic carbocycles. The van der Waals surface area contributed by atoms with E-state index in [0.29, 0.717) is 28.4 Å². The summed E-state index contributed by atoms with van der Waals surface area (Å²) in [7, 11) is -3.24. The van der Waals surface area contributed by atoms with Crippen LogP contribution in [-0.4, -0.2) is 39.8 Å². The number of carbonyl (C=O) groups is 2. The first-order valence-corrected chi connectivity index (χ1v) is 10.6. The van der Waals surface area contributed by atoms with Crippen LogP contribution in [0.3, 0.4) is 0 Å². The predicted octanol–water partition coefficient (Wildman–Crippen LogP) is 0.643. The molecule has 0 bridgehead atoms. The lowest BCUT2D eigenvalue weighted by Crippen LogP contribution is -2.41. The van der Waals surface area contributed by atoms with E-state index in [1.165, 1.54) is 17.4 Å². The number of hydrazine groups is 1. The van der Waals surface area contributed by atoms with Gasteiger partial charge in [0.15, 0.2) is 11.5 Å². The van der Waals surface area contributed by atoms with E-state index >= 15 is 0 Å². The second-order valence-electron chi connectivity index (χ2n) is 5.66. The summed E-state index contributed by atoms with van der Waals surface area (Å²) in [4.78, 5) is 25.5. The van der Waals surface area contributed by atoms with Crippen molar-refractivity contribution in [1.82, 2.24) is 15.6 Å². The van der Waals surface area contributed by atoms with Crippen LogP contribution < -0.4 is 25.0 Å². The van der Waals surface area contributed by atoms with E-state index in [4.69, 9.17) is 9.47 Å². The third kappa shape index (κ3) is 5.18. The summed E-state index contributed by atoms with van der Waals surface area (Å²) in [6.07, 6.45) is 1.55. The number of hydrogen-bond acceptors (Lipinski definition) is 7. The SMILES string of the molecule is CS(=O)(=O)NCCc1ccc(C(=O)NNC(=O)c2ccc3c(c2)OCO3)s1. The highest BCUT2D eigenvalue weighted by Crippen LogP contribution is 2.32. The van der Waals surface area contributed by atoms with E-state index in [9.17, 15) is 18.0 Å². The van der Waals surface area contributed by atoms with Crippen molar-refractivity contribution >= 4 is 33.2 Å². The Morgan fingerprint density at radius 1 is 1.07 bits per heavy atom. The van der Waals surface area contributed by atoms with Crippen molar-refractivity contribution in [1.29, 1.82) is 0 Å². The van der Waals surface area contributed by atoms with E-state index in [1.54, 1.807) is 24.3 Å². The quantitative estimate of drug-likeness (QED) is 0.600. The molecule has 1 aliphatic heterocycles. The molecular weight excluding hydrogens is 394 g/mol. The van der Waals surface area contributed by atoms with Gasteiger partial charge >= 0.3 is 0 Å². The highest BCUT2D eigenvalue weighted by molar-refractivity contribution is 7.88. The zero-order chi connectivity index (χ0) is 19.4. The second-order valence-corrected chi connectivity index (χ2v) is 8.66. The third-order valence-electron chi connectivity index (χ3n) is 3.55. The van der Waals surface area contributed by atoms with Gasteiger partial charge in [-0.3, -0.25) is 20.4 Å². The first-order valence-electron chi connectivity index (χ1n) is 7.85. The molecule has 2 heterocycles. The van der Waals surface area contributed by atoms with Gasteiger partial charge in [-0.15, -0.1) is 11.3 Å². The molecule has 0 saturated carbocycles. The number of nitrogens with one attached hydrogen (secondary N) is 3. The number of amides is 2. The van der Waals surface area contributed by atoms with Gasteiger partial charge in [0.25, 0.3) is 11.8 Å².